The minimum atomic E-state index is -3.82. The standard InChI is InChI=1S/C36H50ClN3O6S/c1-24-7-6-9-32(36-45-21-30(22-46-36)39(2)3)31-14-11-27(31)19-40-16-5-4-8-25-17-29(37)13-10-28(25)20-44-34-15-12-26(18-33(34)40)35(41)38-47(42,43)23-24/h10,12-13,15,17-18,24,27,30-32,36H,4-9,11,14,16,19-23H2,1-3H3,(H,38,41)/t24-,27-,30?,31+,32-,36?/m0/s1. The van der Waals surface area contributed by atoms with Crippen LogP contribution in [-0.2, 0) is 32.5 Å². The number of carbonyl (C=O) groups is 1. The number of sulfonamides is 1. The number of hydrogen-bond donors (Lipinski definition) is 1. The second kappa shape index (κ2) is 15.0. The van der Waals surface area contributed by atoms with Gasteiger partial charge in [0.2, 0.25) is 10.0 Å². The minimum absolute atomic E-state index is 0.0913. The number of likely N-dealkylation sites (N-methyl/N-ethyl adjacent to an activating group) is 1. The third-order valence-corrected chi connectivity index (χ3v) is 12.4. The van der Waals surface area contributed by atoms with E-state index in [2.05, 4.69) is 28.6 Å². The van der Waals surface area contributed by atoms with Crippen molar-refractivity contribution < 1.29 is 27.4 Å². The van der Waals surface area contributed by atoms with Gasteiger partial charge in [-0.05, 0) is 118 Å². The molecule has 47 heavy (non-hydrogen) atoms. The largest absolute Gasteiger partial charge is 0.487 e. The van der Waals surface area contributed by atoms with Crippen LogP contribution < -0.4 is 14.4 Å². The molecule has 4 atom stereocenters. The van der Waals surface area contributed by atoms with E-state index in [1.165, 1.54) is 5.56 Å². The molecule has 3 aliphatic heterocycles. The molecule has 2 fully saturated rings. The molecule has 11 heteroatoms. The van der Waals surface area contributed by atoms with Crippen molar-refractivity contribution in [2.24, 2.45) is 23.7 Å². The monoisotopic (exact) mass is 687 g/mol. The summed E-state index contributed by atoms with van der Waals surface area (Å²) in [5, 5.41) is 0.721. The van der Waals surface area contributed by atoms with Crippen molar-refractivity contribution in [2.75, 3.05) is 51.1 Å². The Morgan fingerprint density at radius 1 is 0.936 bits per heavy atom. The van der Waals surface area contributed by atoms with E-state index in [0.29, 0.717) is 43.0 Å². The normalized spacial score (nSPS) is 30.5. The smallest absolute Gasteiger partial charge is 0.264 e. The maximum absolute atomic E-state index is 13.4. The molecule has 9 nitrogen and oxygen atoms in total. The Labute approximate surface area is 285 Å². The first-order valence-corrected chi connectivity index (χ1v) is 19.3. The number of anilines is 1. The highest BCUT2D eigenvalue weighted by molar-refractivity contribution is 7.90. The number of halogens is 1. The molecule has 0 unspecified atom stereocenters. The molecule has 3 heterocycles. The molecule has 4 aliphatic rings. The Hall–Kier alpha value is -2.37. The van der Waals surface area contributed by atoms with Gasteiger partial charge in [-0.3, -0.25) is 4.79 Å². The Balaban J connectivity index is 1.33. The van der Waals surface area contributed by atoms with Crippen LogP contribution >= 0.6 is 11.6 Å². The molecular weight excluding hydrogens is 638 g/mol. The van der Waals surface area contributed by atoms with E-state index in [-0.39, 0.29) is 29.9 Å². The van der Waals surface area contributed by atoms with Gasteiger partial charge >= 0.3 is 0 Å². The van der Waals surface area contributed by atoms with Crippen molar-refractivity contribution in [2.45, 2.75) is 77.2 Å². The van der Waals surface area contributed by atoms with Crippen molar-refractivity contribution in [3.8, 4) is 5.75 Å². The van der Waals surface area contributed by atoms with Gasteiger partial charge in [0, 0.05) is 29.6 Å². The van der Waals surface area contributed by atoms with E-state index in [1.54, 1.807) is 6.07 Å². The van der Waals surface area contributed by atoms with Gasteiger partial charge in [-0.2, -0.15) is 0 Å². The Morgan fingerprint density at radius 3 is 2.49 bits per heavy atom. The second-order valence-electron chi connectivity index (χ2n) is 14.4. The number of benzene rings is 2. The molecule has 6 rings (SSSR count). The van der Waals surface area contributed by atoms with Crippen LogP contribution in [0.5, 0.6) is 5.75 Å². The van der Waals surface area contributed by atoms with Gasteiger partial charge in [0.05, 0.1) is 30.7 Å². The van der Waals surface area contributed by atoms with Crippen LogP contribution in [-0.4, -0.2) is 77.7 Å². The van der Waals surface area contributed by atoms with Crippen LogP contribution in [0.15, 0.2) is 36.4 Å². The maximum Gasteiger partial charge on any atom is 0.264 e. The summed E-state index contributed by atoms with van der Waals surface area (Å²) < 4.78 is 47.9. The Kier molecular flexibility index (Phi) is 11.0. The average Bonchev–Trinajstić information content (AvgIpc) is 3.04. The number of fused-ring (bicyclic) bond motifs is 3. The van der Waals surface area contributed by atoms with E-state index in [9.17, 15) is 13.2 Å². The van der Waals surface area contributed by atoms with Crippen LogP contribution in [0.3, 0.4) is 0 Å². The maximum atomic E-state index is 13.4. The molecule has 258 valence electrons. The molecular formula is C36H50ClN3O6S. The molecule has 1 aliphatic carbocycles. The fraction of sp³-hybridized carbons (Fsp3) is 0.639. The van der Waals surface area contributed by atoms with Crippen LogP contribution in [0.1, 0.15) is 73.4 Å². The molecule has 2 aromatic rings. The van der Waals surface area contributed by atoms with Crippen LogP contribution in [0, 0.1) is 23.7 Å². The highest BCUT2D eigenvalue weighted by Crippen LogP contribution is 2.46. The zero-order chi connectivity index (χ0) is 33.1. The molecule has 1 amide bonds. The second-order valence-corrected chi connectivity index (χ2v) is 16.6. The lowest BCUT2D eigenvalue weighted by atomic mass is 9.65. The third kappa shape index (κ3) is 8.44. The molecule has 2 aromatic carbocycles. The van der Waals surface area contributed by atoms with E-state index < -0.39 is 15.9 Å². The number of rotatable bonds is 2. The molecule has 1 saturated carbocycles. The zero-order valence-electron chi connectivity index (χ0n) is 28.0. The lowest BCUT2D eigenvalue weighted by molar-refractivity contribution is -0.240. The fourth-order valence-corrected chi connectivity index (χ4v) is 9.35. The quantitative estimate of drug-likeness (QED) is 0.418. The van der Waals surface area contributed by atoms with Crippen LogP contribution in [0.2, 0.25) is 5.02 Å². The van der Waals surface area contributed by atoms with Crippen molar-refractivity contribution in [3.05, 3.63) is 58.1 Å². The number of carbonyl (C=O) groups excluding carboxylic acids is 1. The van der Waals surface area contributed by atoms with Crippen molar-refractivity contribution in [1.82, 2.24) is 9.62 Å². The van der Waals surface area contributed by atoms with Crippen LogP contribution in [0.4, 0.5) is 5.69 Å². The number of aryl methyl sites for hydroxylation is 1. The summed E-state index contributed by atoms with van der Waals surface area (Å²) in [6, 6.07) is 11.5. The summed E-state index contributed by atoms with van der Waals surface area (Å²) in [4.78, 5) is 17.9. The predicted octanol–water partition coefficient (Wildman–Crippen LogP) is 5.89. The average molecular weight is 688 g/mol. The van der Waals surface area contributed by atoms with Gasteiger partial charge in [-0.1, -0.05) is 31.0 Å². The summed E-state index contributed by atoms with van der Waals surface area (Å²) in [6.07, 6.45) is 7.39. The lowest BCUT2D eigenvalue weighted by Crippen LogP contribution is -2.50. The molecule has 0 aromatic heterocycles. The van der Waals surface area contributed by atoms with Crippen molar-refractivity contribution in [1.29, 1.82) is 0 Å². The molecule has 1 saturated heterocycles. The zero-order valence-corrected chi connectivity index (χ0v) is 29.5. The molecule has 0 radical (unpaired) electrons. The summed E-state index contributed by atoms with van der Waals surface area (Å²) in [5.74, 6) is 0.998. The molecule has 0 spiro atoms. The number of nitrogens with zero attached hydrogens (tertiary/aromatic N) is 2. The Morgan fingerprint density at radius 2 is 1.74 bits per heavy atom. The first kappa shape index (κ1) is 34.5. The number of ether oxygens (including phenoxy) is 3. The summed E-state index contributed by atoms with van der Waals surface area (Å²) in [6.45, 7) is 5.24. The summed E-state index contributed by atoms with van der Waals surface area (Å²) >= 11 is 6.36. The molecule has 1 N–H and O–H groups in total. The first-order valence-electron chi connectivity index (χ1n) is 17.3. The third-order valence-electron chi connectivity index (χ3n) is 10.7. The van der Waals surface area contributed by atoms with Crippen LogP contribution in [0.25, 0.3) is 0 Å². The van der Waals surface area contributed by atoms with E-state index >= 15 is 0 Å². The van der Waals surface area contributed by atoms with Gasteiger partial charge < -0.3 is 24.0 Å². The van der Waals surface area contributed by atoms with Gasteiger partial charge in [0.1, 0.15) is 12.4 Å². The number of nitrogens with one attached hydrogen (secondary N) is 1. The van der Waals surface area contributed by atoms with Gasteiger partial charge in [0.25, 0.3) is 5.91 Å². The highest BCUT2D eigenvalue weighted by atomic mass is 35.5. The Bertz CT molecular complexity index is 1510. The van der Waals surface area contributed by atoms with Gasteiger partial charge in [-0.15, -0.1) is 0 Å². The minimum Gasteiger partial charge on any atom is -0.487 e. The summed E-state index contributed by atoms with van der Waals surface area (Å²) in [7, 11) is 0.289. The number of hydrogen-bond acceptors (Lipinski definition) is 8. The van der Waals surface area contributed by atoms with E-state index in [1.807, 2.05) is 37.3 Å². The van der Waals surface area contributed by atoms with Crippen molar-refractivity contribution in [3.63, 3.8) is 0 Å². The lowest BCUT2D eigenvalue weighted by Gasteiger charge is -2.48. The van der Waals surface area contributed by atoms with Gasteiger partial charge in [-0.25, -0.2) is 13.1 Å². The van der Waals surface area contributed by atoms with E-state index in [4.69, 9.17) is 25.8 Å². The van der Waals surface area contributed by atoms with Crippen molar-refractivity contribution >= 4 is 33.2 Å². The predicted molar refractivity (Wildman–Crippen MR) is 185 cm³/mol. The van der Waals surface area contributed by atoms with E-state index in [0.717, 1.165) is 80.7 Å². The SMILES string of the molecule is C[C@H]1CCC[C@H](C2OCC(N(C)C)CO2)[C@@H]2CC[C@H]2CN2CCCCc3cc(Cl)ccc3COc3ccc(cc32)C(=O)NS(=O)(=O)C1. The number of amides is 1. The van der Waals surface area contributed by atoms with Gasteiger partial charge in [0.15, 0.2) is 6.29 Å². The summed E-state index contributed by atoms with van der Waals surface area (Å²) in [5.41, 5.74) is 3.43. The fourth-order valence-electron chi connectivity index (χ4n) is 7.75. The highest BCUT2D eigenvalue weighted by Gasteiger charge is 2.43. The molecule has 2 bridgehead atoms. The first-order chi connectivity index (χ1) is 22.6. The topological polar surface area (TPSA) is 97.4 Å².